The molecular weight excluding hydrogens is 592 g/mol. The smallest absolute Gasteiger partial charge is 0.455 e. The van der Waals surface area contributed by atoms with Crippen molar-refractivity contribution >= 4 is 42.0 Å². The van der Waals surface area contributed by atoms with Crippen LogP contribution in [0.4, 0.5) is 15.8 Å². The third-order valence-corrected chi connectivity index (χ3v) is 9.14. The molecule has 0 spiro atoms. The Kier molecular flexibility index (Phi) is 8.83. The van der Waals surface area contributed by atoms with Crippen molar-refractivity contribution in [2.24, 2.45) is 17.8 Å². The maximum Gasteiger partial charge on any atom is 0.455 e. The minimum Gasteiger partial charge on any atom is -0.505 e. The number of nitro groups is 1. The molecule has 2 N–H and O–H groups in total. The fraction of sp³-hybridized carbons (Fsp3) is 0.324. The number of fused-ring (bicyclic) bond motifs is 3. The quantitative estimate of drug-likeness (QED) is 0.0976. The Bertz CT molecular complexity index is 1750. The summed E-state index contributed by atoms with van der Waals surface area (Å²) >= 11 is 0. The first kappa shape index (κ1) is 31.3. The molecule has 236 valence electrons. The van der Waals surface area contributed by atoms with Gasteiger partial charge in [0.25, 0.3) is 5.69 Å². The maximum atomic E-state index is 14.2. The van der Waals surface area contributed by atoms with E-state index in [1.807, 2.05) is 19.1 Å². The lowest BCUT2D eigenvalue weighted by Crippen LogP contribution is -2.46. The number of allylic oxidation sites excluding steroid dienone is 2. The molecule has 0 saturated carbocycles. The number of amides is 2. The number of benzene rings is 2. The highest BCUT2D eigenvalue weighted by Crippen LogP contribution is 2.52. The molecule has 2 aromatic carbocycles. The van der Waals surface area contributed by atoms with Gasteiger partial charge in [0.2, 0.25) is 11.8 Å². The van der Waals surface area contributed by atoms with Crippen molar-refractivity contribution < 1.29 is 33.7 Å². The van der Waals surface area contributed by atoms with E-state index in [0.29, 0.717) is 36.9 Å². The number of hydrogen-bond donors (Lipinski definition) is 2. The van der Waals surface area contributed by atoms with Gasteiger partial charge in [-0.15, -0.1) is 0 Å². The molecule has 0 bridgehead atoms. The van der Waals surface area contributed by atoms with Gasteiger partial charge in [-0.25, -0.2) is 9.29 Å². The molecule has 0 unspecified atom stereocenters. The van der Waals surface area contributed by atoms with E-state index in [4.69, 9.17) is 4.65 Å². The number of non-ortho nitro benzene ring substituents is 1. The van der Waals surface area contributed by atoms with Crippen LogP contribution in [0.15, 0.2) is 78.0 Å². The van der Waals surface area contributed by atoms with Gasteiger partial charge in [-0.05, 0) is 91.0 Å². The highest BCUT2D eigenvalue weighted by Gasteiger charge is 2.57. The molecule has 3 heterocycles. The molecule has 3 aliphatic rings. The maximum absolute atomic E-state index is 14.2. The van der Waals surface area contributed by atoms with Crippen LogP contribution in [-0.4, -0.2) is 45.1 Å². The fourth-order valence-corrected chi connectivity index (χ4v) is 7.23. The minimum absolute atomic E-state index is 0.151. The Morgan fingerprint density at radius 3 is 2.70 bits per heavy atom. The number of nitro benzene ring substituents is 1. The summed E-state index contributed by atoms with van der Waals surface area (Å²) in [5.41, 5.74) is 3.94. The number of carbonyl (C=O) groups excluding carboxylic acids is 2. The van der Waals surface area contributed by atoms with Crippen LogP contribution in [0.25, 0.3) is 11.6 Å². The van der Waals surface area contributed by atoms with Crippen LogP contribution in [0.3, 0.4) is 0 Å². The number of hydrogen-bond acceptors (Lipinski definition) is 8. The number of carbonyl (C=O) groups is 2. The second-order valence-electron chi connectivity index (χ2n) is 12.0. The SMILES string of the molecule is CCCC1=C2[C@@H](CC/C(=C/c3ccc(O)c(F)c3)c3ccccn3)OB(O)C[C@@H]2[C@@H]2C(=O)N(c3cccc([N+](=O)[O-])c3)C(=O)[C@@H]2C1. The minimum atomic E-state index is -1.16. The summed E-state index contributed by atoms with van der Waals surface area (Å²) in [6.45, 7) is 2.04. The van der Waals surface area contributed by atoms with Crippen molar-refractivity contribution in [1.29, 1.82) is 0 Å². The molecule has 2 amide bonds. The summed E-state index contributed by atoms with van der Waals surface area (Å²) in [5.74, 6) is -3.80. The summed E-state index contributed by atoms with van der Waals surface area (Å²) in [4.78, 5) is 44.2. The number of aromatic hydroxyl groups is 1. The van der Waals surface area contributed by atoms with E-state index in [9.17, 15) is 34.2 Å². The van der Waals surface area contributed by atoms with E-state index in [1.165, 1.54) is 36.4 Å². The second-order valence-corrected chi connectivity index (χ2v) is 12.0. The van der Waals surface area contributed by atoms with Gasteiger partial charge < -0.3 is 14.8 Å². The van der Waals surface area contributed by atoms with Crippen LogP contribution in [0, 0.1) is 33.7 Å². The highest BCUT2D eigenvalue weighted by molar-refractivity contribution is 6.43. The number of anilines is 1. The van der Waals surface area contributed by atoms with E-state index in [2.05, 4.69) is 4.98 Å². The number of phenols is 1. The number of phenolic OH excluding ortho intramolecular Hbond substituents is 1. The average Bonchev–Trinajstić information content (AvgIpc) is 3.30. The molecule has 0 radical (unpaired) electrons. The van der Waals surface area contributed by atoms with Gasteiger partial charge in [-0.1, -0.05) is 37.1 Å². The topological polar surface area (TPSA) is 143 Å². The monoisotopic (exact) mass is 625 g/mol. The van der Waals surface area contributed by atoms with Gasteiger partial charge in [-0.3, -0.25) is 24.7 Å². The van der Waals surface area contributed by atoms with Crippen molar-refractivity contribution in [1.82, 2.24) is 4.98 Å². The van der Waals surface area contributed by atoms with Crippen LogP contribution >= 0.6 is 0 Å². The van der Waals surface area contributed by atoms with Crippen molar-refractivity contribution in [2.75, 3.05) is 4.90 Å². The van der Waals surface area contributed by atoms with Crippen molar-refractivity contribution in [3.05, 3.63) is 105 Å². The normalized spacial score (nSPS) is 23.1. The number of rotatable bonds is 9. The number of imide groups is 1. The predicted octanol–water partition coefficient (Wildman–Crippen LogP) is 5.96. The summed E-state index contributed by atoms with van der Waals surface area (Å²) in [6, 6.07) is 15.2. The second kappa shape index (κ2) is 13.0. The number of halogens is 1. The largest absolute Gasteiger partial charge is 0.505 e. The Balaban J connectivity index is 1.33. The number of aromatic nitrogens is 1. The van der Waals surface area contributed by atoms with Gasteiger partial charge in [0.15, 0.2) is 11.6 Å². The standard InChI is InChI=1S/C34H33BFN3O7/c1-2-6-22-17-25-32(34(42)38(33(25)41)23-7-5-8-24(18-23)39(44)45)26-19-35(43)46-30(31(22)26)13-11-21(28-9-3-4-14-37-28)15-20-10-12-29(40)27(36)16-20/h3-5,7-10,12,14-16,18,25-26,30,32,40,43H,2,6,11,13,17,19H2,1H3/b21-15-/t25-,26+,30-,32-/m1/s1. The molecule has 1 aromatic heterocycles. The molecule has 1 aliphatic carbocycles. The fourth-order valence-electron chi connectivity index (χ4n) is 7.23. The van der Waals surface area contributed by atoms with Crippen LogP contribution in [0.1, 0.15) is 50.3 Å². The Hall–Kier alpha value is -4.68. The van der Waals surface area contributed by atoms with E-state index >= 15 is 0 Å². The summed E-state index contributed by atoms with van der Waals surface area (Å²) in [6.07, 6.45) is 5.80. The zero-order valence-electron chi connectivity index (χ0n) is 25.2. The zero-order chi connectivity index (χ0) is 32.5. The van der Waals surface area contributed by atoms with Crippen LogP contribution < -0.4 is 4.90 Å². The first-order valence-corrected chi connectivity index (χ1v) is 15.4. The molecule has 2 saturated heterocycles. The van der Waals surface area contributed by atoms with E-state index in [0.717, 1.165) is 28.0 Å². The lowest BCUT2D eigenvalue weighted by atomic mass is 9.58. The van der Waals surface area contributed by atoms with Gasteiger partial charge in [0, 0.05) is 18.3 Å². The van der Waals surface area contributed by atoms with Gasteiger partial charge in [0.05, 0.1) is 34.2 Å². The van der Waals surface area contributed by atoms with Crippen molar-refractivity contribution in [3.8, 4) is 5.75 Å². The molecule has 4 atom stereocenters. The van der Waals surface area contributed by atoms with Gasteiger partial charge >= 0.3 is 7.12 Å². The zero-order valence-corrected chi connectivity index (χ0v) is 25.2. The molecule has 6 rings (SSSR count). The summed E-state index contributed by atoms with van der Waals surface area (Å²) in [7, 11) is -1.16. The third kappa shape index (κ3) is 5.97. The van der Waals surface area contributed by atoms with E-state index < -0.39 is 53.4 Å². The first-order valence-electron chi connectivity index (χ1n) is 15.4. The van der Waals surface area contributed by atoms with Gasteiger partial charge in [-0.2, -0.15) is 0 Å². The van der Waals surface area contributed by atoms with Crippen molar-refractivity contribution in [2.45, 2.75) is 51.5 Å². The van der Waals surface area contributed by atoms with Crippen molar-refractivity contribution in [3.63, 3.8) is 0 Å². The average molecular weight is 625 g/mol. The first-order chi connectivity index (χ1) is 22.2. The number of nitrogens with zero attached hydrogens (tertiary/aromatic N) is 3. The summed E-state index contributed by atoms with van der Waals surface area (Å²) < 4.78 is 20.3. The molecule has 10 nitrogen and oxygen atoms in total. The summed E-state index contributed by atoms with van der Waals surface area (Å²) in [5, 5.41) is 32.0. The molecule has 2 fully saturated rings. The van der Waals surface area contributed by atoms with Crippen LogP contribution in [0.2, 0.25) is 6.32 Å². The highest BCUT2D eigenvalue weighted by atomic mass is 19.1. The Morgan fingerprint density at radius 1 is 1.15 bits per heavy atom. The van der Waals surface area contributed by atoms with E-state index in [-0.39, 0.29) is 23.6 Å². The predicted molar refractivity (Wildman–Crippen MR) is 170 cm³/mol. The van der Waals surface area contributed by atoms with E-state index in [1.54, 1.807) is 24.4 Å². The van der Waals surface area contributed by atoms with Crippen LogP contribution in [0.5, 0.6) is 5.75 Å². The molecule has 3 aromatic rings. The Labute approximate surface area is 265 Å². The van der Waals surface area contributed by atoms with Gasteiger partial charge in [0.1, 0.15) is 0 Å². The lowest BCUT2D eigenvalue weighted by molar-refractivity contribution is -0.384. The lowest BCUT2D eigenvalue weighted by Gasteiger charge is -2.43. The molecule has 2 aliphatic heterocycles. The van der Waals surface area contributed by atoms with Crippen LogP contribution in [-0.2, 0) is 14.2 Å². The third-order valence-electron chi connectivity index (χ3n) is 9.14. The number of pyridine rings is 1. The molecule has 12 heteroatoms. The Morgan fingerprint density at radius 2 is 1.98 bits per heavy atom. The molecular formula is C34H33BFN3O7. The molecule has 46 heavy (non-hydrogen) atoms.